The zero-order valence-corrected chi connectivity index (χ0v) is 14.0. The Morgan fingerprint density at radius 1 is 1.36 bits per heavy atom. The van der Waals surface area contributed by atoms with Gasteiger partial charge in [0.2, 0.25) is 5.91 Å². The number of aliphatic hydroxyl groups is 1. The van der Waals surface area contributed by atoms with Crippen molar-refractivity contribution in [3.63, 3.8) is 0 Å². The highest BCUT2D eigenvalue weighted by Crippen LogP contribution is 2.21. The zero-order valence-electron chi connectivity index (χ0n) is 14.0. The molecule has 0 unspecified atom stereocenters. The van der Waals surface area contributed by atoms with Gasteiger partial charge < -0.3 is 10.0 Å². The monoisotopic (exact) mass is 347 g/mol. The quantitative estimate of drug-likeness (QED) is 0.760. The second-order valence-electron chi connectivity index (χ2n) is 6.33. The Labute approximate surface area is 143 Å². The molecule has 3 rings (SSSR count). The molecular weight excluding hydrogens is 326 g/mol. The second-order valence-corrected chi connectivity index (χ2v) is 6.33. The molecule has 25 heavy (non-hydrogen) atoms. The van der Waals surface area contributed by atoms with Crippen molar-refractivity contribution in [2.45, 2.75) is 38.5 Å². The summed E-state index contributed by atoms with van der Waals surface area (Å²) in [6, 6.07) is 0.774. The zero-order chi connectivity index (χ0) is 18.0. The summed E-state index contributed by atoms with van der Waals surface area (Å²) in [4.78, 5) is 39.5. The van der Waals surface area contributed by atoms with Crippen molar-refractivity contribution in [3.05, 3.63) is 51.1 Å². The first-order chi connectivity index (χ1) is 11.9. The number of aromatic nitrogens is 4. The first kappa shape index (κ1) is 17.2. The van der Waals surface area contributed by atoms with E-state index in [0.29, 0.717) is 25.9 Å². The van der Waals surface area contributed by atoms with E-state index in [4.69, 9.17) is 0 Å². The lowest BCUT2D eigenvalue weighted by Gasteiger charge is -2.22. The van der Waals surface area contributed by atoms with Gasteiger partial charge in [0, 0.05) is 31.5 Å². The number of hydrogen-bond acceptors (Lipinski definition) is 5. The lowest BCUT2D eigenvalue weighted by Crippen LogP contribution is -2.36. The van der Waals surface area contributed by atoms with Crippen LogP contribution in [0.5, 0.6) is 0 Å². The predicted octanol–water partition coefficient (Wildman–Crippen LogP) is -0.734. The number of carbonyl (C=O) groups excluding carboxylic acids is 1. The number of likely N-dealkylation sites (tertiary alicyclic amines) is 1. The number of amides is 1. The van der Waals surface area contributed by atoms with E-state index in [-0.39, 0.29) is 12.5 Å². The van der Waals surface area contributed by atoms with Crippen LogP contribution in [-0.4, -0.2) is 54.4 Å². The van der Waals surface area contributed by atoms with E-state index in [0.717, 1.165) is 5.56 Å². The SMILES string of the molecule is Cc1cnn(CC(=O)N2CC[C@H](O)[C@@H](n3ccc(=O)[nH]c3=O)CC2)c1. The molecule has 1 amide bonds. The van der Waals surface area contributed by atoms with Crippen molar-refractivity contribution >= 4 is 5.91 Å². The van der Waals surface area contributed by atoms with Crippen LogP contribution in [0.15, 0.2) is 34.2 Å². The largest absolute Gasteiger partial charge is 0.391 e. The van der Waals surface area contributed by atoms with Crippen molar-refractivity contribution in [2.24, 2.45) is 0 Å². The van der Waals surface area contributed by atoms with Crippen LogP contribution in [0.2, 0.25) is 0 Å². The van der Waals surface area contributed by atoms with Crippen LogP contribution in [-0.2, 0) is 11.3 Å². The molecule has 9 nitrogen and oxygen atoms in total. The number of aryl methyl sites for hydroxylation is 1. The van der Waals surface area contributed by atoms with Gasteiger partial charge in [-0.05, 0) is 25.3 Å². The molecule has 0 spiro atoms. The Morgan fingerprint density at radius 2 is 2.12 bits per heavy atom. The summed E-state index contributed by atoms with van der Waals surface area (Å²) in [5, 5.41) is 14.5. The fraction of sp³-hybridized carbons (Fsp3) is 0.500. The van der Waals surface area contributed by atoms with Gasteiger partial charge in [0.25, 0.3) is 5.56 Å². The van der Waals surface area contributed by atoms with Gasteiger partial charge in [0.1, 0.15) is 6.54 Å². The first-order valence-corrected chi connectivity index (χ1v) is 8.20. The Balaban J connectivity index is 1.71. The fourth-order valence-corrected chi connectivity index (χ4v) is 3.13. The summed E-state index contributed by atoms with van der Waals surface area (Å²) >= 11 is 0. The van der Waals surface area contributed by atoms with Crippen LogP contribution in [0, 0.1) is 6.92 Å². The van der Waals surface area contributed by atoms with Crippen LogP contribution in [0.4, 0.5) is 0 Å². The normalized spacial score (nSPS) is 21.1. The van der Waals surface area contributed by atoms with Gasteiger partial charge >= 0.3 is 5.69 Å². The Hall–Kier alpha value is -2.68. The average molecular weight is 347 g/mol. The first-order valence-electron chi connectivity index (χ1n) is 8.20. The number of rotatable bonds is 3. The van der Waals surface area contributed by atoms with Gasteiger partial charge in [-0.25, -0.2) is 4.79 Å². The molecule has 0 radical (unpaired) electrons. The van der Waals surface area contributed by atoms with Crippen molar-refractivity contribution in [2.75, 3.05) is 13.1 Å². The van der Waals surface area contributed by atoms with Gasteiger partial charge in [-0.2, -0.15) is 5.10 Å². The number of hydrogen-bond donors (Lipinski definition) is 2. The van der Waals surface area contributed by atoms with Crippen LogP contribution in [0.3, 0.4) is 0 Å². The van der Waals surface area contributed by atoms with E-state index in [1.165, 1.54) is 16.8 Å². The van der Waals surface area contributed by atoms with E-state index in [1.807, 2.05) is 6.92 Å². The molecule has 1 saturated heterocycles. The van der Waals surface area contributed by atoms with Crippen LogP contribution >= 0.6 is 0 Å². The van der Waals surface area contributed by atoms with E-state index in [2.05, 4.69) is 10.1 Å². The molecule has 0 aromatic carbocycles. The second kappa shape index (κ2) is 7.06. The maximum Gasteiger partial charge on any atom is 0.328 e. The number of aliphatic hydroxyl groups excluding tert-OH is 1. The maximum absolute atomic E-state index is 12.5. The molecule has 2 aromatic rings. The van der Waals surface area contributed by atoms with Gasteiger partial charge in [-0.1, -0.05) is 0 Å². The third-order valence-electron chi connectivity index (χ3n) is 4.45. The fourth-order valence-electron chi connectivity index (χ4n) is 3.13. The van der Waals surface area contributed by atoms with Crippen molar-refractivity contribution in [1.82, 2.24) is 24.2 Å². The molecule has 3 heterocycles. The van der Waals surface area contributed by atoms with Gasteiger partial charge in [-0.3, -0.25) is 23.8 Å². The number of H-pyrrole nitrogens is 1. The highest BCUT2D eigenvalue weighted by molar-refractivity contribution is 5.75. The molecule has 2 aromatic heterocycles. The van der Waals surface area contributed by atoms with Crippen molar-refractivity contribution in [1.29, 1.82) is 0 Å². The minimum Gasteiger partial charge on any atom is -0.391 e. The minimum absolute atomic E-state index is 0.0789. The third kappa shape index (κ3) is 3.87. The summed E-state index contributed by atoms with van der Waals surface area (Å²) in [6.07, 6.45) is 4.90. The molecule has 0 aliphatic carbocycles. The summed E-state index contributed by atoms with van der Waals surface area (Å²) in [6.45, 7) is 2.89. The molecular formula is C16H21N5O4. The van der Waals surface area contributed by atoms with Crippen molar-refractivity contribution in [3.8, 4) is 0 Å². The molecule has 2 atom stereocenters. The smallest absolute Gasteiger partial charge is 0.328 e. The minimum atomic E-state index is -0.770. The highest BCUT2D eigenvalue weighted by Gasteiger charge is 2.28. The molecule has 0 bridgehead atoms. The van der Waals surface area contributed by atoms with Gasteiger partial charge in [0.15, 0.2) is 0 Å². The topological polar surface area (TPSA) is 113 Å². The maximum atomic E-state index is 12.5. The number of aromatic amines is 1. The van der Waals surface area contributed by atoms with E-state index >= 15 is 0 Å². The average Bonchev–Trinajstić information content (AvgIpc) is 2.86. The standard InChI is InChI=1S/C16H21N5O4/c1-11-8-17-20(9-11)10-15(24)19-5-2-12(13(22)3-6-19)21-7-4-14(23)18-16(21)25/h4,7-9,12-13,22H,2-3,5-6,10H2,1H3,(H,18,23,25)/t12-,13-/m0/s1. The molecule has 1 aliphatic rings. The summed E-state index contributed by atoms with van der Waals surface area (Å²) in [5.74, 6) is -0.0789. The van der Waals surface area contributed by atoms with Crippen LogP contribution in [0.1, 0.15) is 24.4 Å². The lowest BCUT2D eigenvalue weighted by atomic mass is 10.1. The van der Waals surface area contributed by atoms with Gasteiger partial charge in [0.05, 0.1) is 18.3 Å². The molecule has 2 N–H and O–H groups in total. The Bertz CT molecular complexity index is 868. The Kier molecular flexibility index (Phi) is 4.84. The summed E-state index contributed by atoms with van der Waals surface area (Å²) in [5.41, 5.74) is -0.0457. The third-order valence-corrected chi connectivity index (χ3v) is 4.45. The molecule has 1 fully saturated rings. The molecule has 0 saturated carbocycles. The predicted molar refractivity (Wildman–Crippen MR) is 89.1 cm³/mol. The van der Waals surface area contributed by atoms with Crippen LogP contribution < -0.4 is 11.2 Å². The lowest BCUT2D eigenvalue weighted by molar-refractivity contribution is -0.132. The number of carbonyl (C=O) groups is 1. The molecule has 9 heteroatoms. The Morgan fingerprint density at radius 3 is 2.80 bits per heavy atom. The van der Waals surface area contributed by atoms with Crippen molar-refractivity contribution < 1.29 is 9.90 Å². The van der Waals surface area contributed by atoms with E-state index < -0.39 is 23.4 Å². The summed E-state index contributed by atoms with van der Waals surface area (Å²) in [7, 11) is 0. The molecule has 134 valence electrons. The molecule has 1 aliphatic heterocycles. The van der Waals surface area contributed by atoms with E-state index in [9.17, 15) is 19.5 Å². The van der Waals surface area contributed by atoms with Crippen LogP contribution in [0.25, 0.3) is 0 Å². The van der Waals surface area contributed by atoms with E-state index in [1.54, 1.807) is 22.0 Å². The van der Waals surface area contributed by atoms with Gasteiger partial charge in [-0.15, -0.1) is 0 Å². The number of nitrogens with zero attached hydrogens (tertiary/aromatic N) is 4. The summed E-state index contributed by atoms with van der Waals surface area (Å²) < 4.78 is 2.92. The number of nitrogens with one attached hydrogen (secondary N) is 1. The highest BCUT2D eigenvalue weighted by atomic mass is 16.3.